The van der Waals surface area contributed by atoms with E-state index in [-0.39, 0.29) is 12.3 Å². The van der Waals surface area contributed by atoms with Gasteiger partial charge in [-0.05, 0) is 24.5 Å². The van der Waals surface area contributed by atoms with Gasteiger partial charge in [-0.2, -0.15) is 4.72 Å². The number of benzene rings is 1. The summed E-state index contributed by atoms with van der Waals surface area (Å²) >= 11 is 0. The normalized spacial score (nSPS) is 14.1. The minimum absolute atomic E-state index is 0.0606. The number of rotatable bonds is 8. The number of hydrogen-bond acceptors (Lipinski definition) is 5. The van der Waals surface area contributed by atoms with Gasteiger partial charge < -0.3 is 5.11 Å². The number of carbonyl (C=O) groups is 1. The average molecular weight is 378 g/mol. The van der Waals surface area contributed by atoms with Gasteiger partial charge in [-0.15, -0.1) is 0 Å². The van der Waals surface area contributed by atoms with Crippen LogP contribution in [-0.2, 0) is 24.8 Å². The van der Waals surface area contributed by atoms with E-state index in [1.54, 1.807) is 13.8 Å². The third-order valence-electron chi connectivity index (χ3n) is 3.20. The van der Waals surface area contributed by atoms with Gasteiger partial charge in [-0.25, -0.2) is 21.1 Å². The minimum Gasteiger partial charge on any atom is -0.480 e. The van der Waals surface area contributed by atoms with Crippen LogP contribution in [0.3, 0.4) is 0 Å². The zero-order valence-electron chi connectivity index (χ0n) is 13.9. The number of hydrogen-bond donors (Lipinski definition) is 2. The summed E-state index contributed by atoms with van der Waals surface area (Å²) in [6.45, 7) is 3.52. The number of sulfonamides is 2. The first-order chi connectivity index (χ1) is 10.9. The molecule has 0 radical (unpaired) electrons. The molecule has 0 unspecified atom stereocenters. The van der Waals surface area contributed by atoms with E-state index >= 15 is 0 Å². The van der Waals surface area contributed by atoms with Crippen LogP contribution in [0.4, 0.5) is 0 Å². The molecule has 0 aliphatic carbocycles. The quantitative estimate of drug-likeness (QED) is 0.687. The maximum Gasteiger partial charge on any atom is 0.321 e. The van der Waals surface area contributed by atoms with Gasteiger partial charge in [0.05, 0.1) is 0 Å². The first-order valence-corrected chi connectivity index (χ1v) is 10.1. The molecule has 1 aromatic carbocycles. The number of aliphatic carboxylic acids is 1. The highest BCUT2D eigenvalue weighted by molar-refractivity contribution is 7.92. The van der Waals surface area contributed by atoms with Crippen LogP contribution >= 0.6 is 0 Å². The molecule has 0 aliphatic heterocycles. The van der Waals surface area contributed by atoms with Crippen molar-refractivity contribution in [2.24, 2.45) is 5.92 Å². The minimum atomic E-state index is -4.33. The number of nitrogens with one attached hydrogen (secondary N) is 1. The SMILES string of the molecule is CC(C)C[C@H](NS(=O)(=O)c1ccccc1S(=O)(=O)N(C)C)C(=O)O. The van der Waals surface area contributed by atoms with E-state index in [1.165, 1.54) is 32.3 Å². The Morgan fingerprint density at radius 2 is 1.62 bits per heavy atom. The Labute approximate surface area is 142 Å². The van der Waals surface area contributed by atoms with E-state index < -0.39 is 41.8 Å². The first-order valence-electron chi connectivity index (χ1n) is 7.16. The molecule has 1 aromatic rings. The van der Waals surface area contributed by atoms with Crippen molar-refractivity contribution >= 4 is 26.0 Å². The molecule has 1 rings (SSSR count). The predicted molar refractivity (Wildman–Crippen MR) is 88.5 cm³/mol. The van der Waals surface area contributed by atoms with Gasteiger partial charge in [0.25, 0.3) is 0 Å². The highest BCUT2D eigenvalue weighted by atomic mass is 32.2. The fraction of sp³-hybridized carbons (Fsp3) is 0.500. The van der Waals surface area contributed by atoms with Crippen LogP contribution in [0.15, 0.2) is 34.1 Å². The molecule has 24 heavy (non-hydrogen) atoms. The van der Waals surface area contributed by atoms with E-state index in [1.807, 2.05) is 0 Å². The zero-order chi connectivity index (χ0) is 18.7. The molecule has 0 aliphatic rings. The molecule has 136 valence electrons. The van der Waals surface area contributed by atoms with Crippen molar-refractivity contribution < 1.29 is 26.7 Å². The number of carboxylic acids is 1. The summed E-state index contributed by atoms with van der Waals surface area (Å²) in [6.07, 6.45) is 0.0805. The Hall–Kier alpha value is -1.49. The summed E-state index contributed by atoms with van der Waals surface area (Å²) < 4.78 is 52.7. The summed E-state index contributed by atoms with van der Waals surface area (Å²) in [4.78, 5) is 10.4. The maximum absolute atomic E-state index is 12.6. The van der Waals surface area contributed by atoms with Crippen molar-refractivity contribution in [2.45, 2.75) is 36.1 Å². The smallest absolute Gasteiger partial charge is 0.321 e. The van der Waals surface area contributed by atoms with Crippen molar-refractivity contribution in [3.8, 4) is 0 Å². The van der Waals surface area contributed by atoms with Gasteiger partial charge in [0.15, 0.2) is 0 Å². The molecule has 8 nitrogen and oxygen atoms in total. The molecule has 0 bridgehead atoms. The summed E-state index contributed by atoms with van der Waals surface area (Å²) in [5, 5.41) is 9.20. The first kappa shape index (κ1) is 20.6. The molecule has 0 fully saturated rings. The van der Waals surface area contributed by atoms with E-state index in [9.17, 15) is 26.7 Å². The van der Waals surface area contributed by atoms with E-state index in [4.69, 9.17) is 0 Å². The average Bonchev–Trinajstić information content (AvgIpc) is 2.45. The number of nitrogens with zero attached hydrogens (tertiary/aromatic N) is 1. The lowest BCUT2D eigenvalue weighted by Crippen LogP contribution is -2.42. The molecular formula is C14H22N2O6S2. The van der Waals surface area contributed by atoms with Crippen molar-refractivity contribution in [2.75, 3.05) is 14.1 Å². The van der Waals surface area contributed by atoms with Crippen LogP contribution in [0.5, 0.6) is 0 Å². The standard InChI is InChI=1S/C14H22N2O6S2/c1-10(2)9-11(14(17)18)15-23(19,20)12-7-5-6-8-13(12)24(21,22)16(3)4/h5-8,10-11,15H,9H2,1-4H3,(H,17,18)/t11-/m0/s1. The predicted octanol–water partition coefficient (Wildman–Crippen LogP) is 0.714. The van der Waals surface area contributed by atoms with E-state index in [0.29, 0.717) is 0 Å². The van der Waals surface area contributed by atoms with Gasteiger partial charge in [0.1, 0.15) is 15.8 Å². The maximum atomic E-state index is 12.6. The lowest BCUT2D eigenvalue weighted by atomic mass is 10.1. The molecule has 1 atom stereocenters. The van der Waals surface area contributed by atoms with Crippen LogP contribution in [0.25, 0.3) is 0 Å². The second kappa shape index (κ2) is 7.60. The molecule has 0 spiro atoms. The van der Waals surface area contributed by atoms with E-state index in [2.05, 4.69) is 4.72 Å². The van der Waals surface area contributed by atoms with Crippen LogP contribution in [0.1, 0.15) is 20.3 Å². The largest absolute Gasteiger partial charge is 0.480 e. The van der Waals surface area contributed by atoms with Gasteiger partial charge in [0.2, 0.25) is 20.0 Å². The molecule has 0 heterocycles. The fourth-order valence-electron chi connectivity index (χ4n) is 2.00. The van der Waals surface area contributed by atoms with Crippen LogP contribution in [0, 0.1) is 5.92 Å². The fourth-order valence-corrected chi connectivity index (χ4v) is 4.90. The molecule has 0 saturated carbocycles. The van der Waals surface area contributed by atoms with Crippen LogP contribution in [0.2, 0.25) is 0 Å². The molecule has 10 heteroatoms. The Bertz CT molecular complexity index is 800. The Morgan fingerprint density at radius 1 is 1.12 bits per heavy atom. The van der Waals surface area contributed by atoms with Crippen molar-refractivity contribution in [1.29, 1.82) is 0 Å². The lowest BCUT2D eigenvalue weighted by molar-refractivity contribution is -0.139. The third kappa shape index (κ3) is 4.76. The van der Waals surface area contributed by atoms with E-state index in [0.717, 1.165) is 10.4 Å². The summed E-state index contributed by atoms with van der Waals surface area (Å²) in [6, 6.07) is 3.74. The number of carboxylic acid groups (broad SMARTS) is 1. The Balaban J connectivity index is 3.37. The second-order valence-corrected chi connectivity index (χ2v) is 9.68. The molecular weight excluding hydrogens is 356 g/mol. The van der Waals surface area contributed by atoms with Crippen LogP contribution < -0.4 is 4.72 Å². The third-order valence-corrected chi connectivity index (χ3v) is 6.73. The molecule has 0 amide bonds. The topological polar surface area (TPSA) is 121 Å². The molecule has 0 aromatic heterocycles. The Kier molecular flexibility index (Phi) is 6.51. The Morgan fingerprint density at radius 3 is 2.04 bits per heavy atom. The lowest BCUT2D eigenvalue weighted by Gasteiger charge is -2.19. The van der Waals surface area contributed by atoms with Gasteiger partial charge in [-0.1, -0.05) is 26.0 Å². The summed E-state index contributed by atoms with van der Waals surface area (Å²) in [5.74, 6) is -1.38. The monoisotopic (exact) mass is 378 g/mol. The second-order valence-electron chi connectivity index (χ2n) is 5.88. The van der Waals surface area contributed by atoms with Gasteiger partial charge in [-0.3, -0.25) is 4.79 Å². The summed E-state index contributed by atoms with van der Waals surface area (Å²) in [7, 11) is -5.77. The zero-order valence-corrected chi connectivity index (χ0v) is 15.6. The van der Waals surface area contributed by atoms with Crippen molar-refractivity contribution in [3.63, 3.8) is 0 Å². The highest BCUT2D eigenvalue weighted by Gasteiger charge is 2.31. The van der Waals surface area contributed by atoms with Gasteiger partial charge in [0, 0.05) is 14.1 Å². The van der Waals surface area contributed by atoms with Gasteiger partial charge >= 0.3 is 5.97 Å². The van der Waals surface area contributed by atoms with Crippen molar-refractivity contribution in [1.82, 2.24) is 9.03 Å². The van der Waals surface area contributed by atoms with Crippen LogP contribution in [-0.4, -0.2) is 52.4 Å². The molecule has 0 saturated heterocycles. The highest BCUT2D eigenvalue weighted by Crippen LogP contribution is 2.23. The molecule has 2 N–H and O–H groups in total. The van der Waals surface area contributed by atoms with Crippen molar-refractivity contribution in [3.05, 3.63) is 24.3 Å². The summed E-state index contributed by atoms with van der Waals surface area (Å²) in [5.41, 5.74) is 0.